The molecule has 2 fully saturated rings. The van der Waals surface area contributed by atoms with E-state index in [0.29, 0.717) is 13.0 Å². The summed E-state index contributed by atoms with van der Waals surface area (Å²) in [6.45, 7) is 3.32. The van der Waals surface area contributed by atoms with E-state index >= 15 is 0 Å². The van der Waals surface area contributed by atoms with E-state index < -0.39 is 16.1 Å². The van der Waals surface area contributed by atoms with Gasteiger partial charge >= 0.3 is 0 Å². The Morgan fingerprint density at radius 2 is 1.68 bits per heavy atom. The van der Waals surface area contributed by atoms with E-state index in [4.69, 9.17) is 0 Å². The highest BCUT2D eigenvalue weighted by Crippen LogP contribution is 2.25. The molecular formula is C13H24N2O3S. The molecule has 110 valence electrons. The van der Waals surface area contributed by atoms with Crippen LogP contribution in [0.4, 0.5) is 0 Å². The largest absolute Gasteiger partial charge is 0.339 e. The zero-order chi connectivity index (χ0) is 14.0. The average molecular weight is 288 g/mol. The SMILES string of the molecule is C[C@@H]1CCCCN1C(=O)[C@H]1CCCCN1S(C)(=O)=O. The van der Waals surface area contributed by atoms with Gasteiger partial charge in [-0.2, -0.15) is 4.31 Å². The van der Waals surface area contributed by atoms with Gasteiger partial charge in [0.15, 0.2) is 0 Å². The second-order valence-corrected chi connectivity index (χ2v) is 7.70. The van der Waals surface area contributed by atoms with Gasteiger partial charge in [0.1, 0.15) is 6.04 Å². The zero-order valence-electron chi connectivity index (χ0n) is 11.8. The molecule has 0 saturated carbocycles. The van der Waals surface area contributed by atoms with Gasteiger partial charge < -0.3 is 4.90 Å². The molecule has 19 heavy (non-hydrogen) atoms. The lowest BCUT2D eigenvalue weighted by Gasteiger charge is -2.40. The second-order valence-electron chi connectivity index (χ2n) is 5.76. The van der Waals surface area contributed by atoms with E-state index in [9.17, 15) is 13.2 Å². The minimum absolute atomic E-state index is 0.0114. The standard InChI is InChI=1S/C13H24N2O3S/c1-11-7-3-5-9-14(11)13(16)12-8-4-6-10-15(12)19(2,17)18/h11-12H,3-10H2,1-2H3/t11-,12-/m1/s1. The van der Waals surface area contributed by atoms with Crippen molar-refractivity contribution in [2.75, 3.05) is 19.3 Å². The summed E-state index contributed by atoms with van der Waals surface area (Å²) in [5.74, 6) is 0.0114. The van der Waals surface area contributed by atoms with Crippen molar-refractivity contribution in [1.29, 1.82) is 0 Å². The first-order valence-corrected chi connectivity index (χ1v) is 9.03. The molecule has 2 aliphatic rings. The highest BCUT2D eigenvalue weighted by atomic mass is 32.2. The van der Waals surface area contributed by atoms with Crippen molar-refractivity contribution in [3.63, 3.8) is 0 Å². The van der Waals surface area contributed by atoms with Crippen LogP contribution in [-0.2, 0) is 14.8 Å². The quantitative estimate of drug-likeness (QED) is 0.767. The maximum absolute atomic E-state index is 12.6. The smallest absolute Gasteiger partial charge is 0.241 e. The predicted octanol–water partition coefficient (Wildman–Crippen LogP) is 1.20. The number of rotatable bonds is 2. The van der Waals surface area contributed by atoms with Crippen LogP contribution in [-0.4, -0.2) is 55.0 Å². The highest BCUT2D eigenvalue weighted by Gasteiger charge is 2.38. The summed E-state index contributed by atoms with van der Waals surface area (Å²) in [5.41, 5.74) is 0. The molecule has 0 bridgehead atoms. The van der Waals surface area contributed by atoms with Crippen LogP contribution in [0.25, 0.3) is 0 Å². The molecule has 6 heteroatoms. The first kappa shape index (κ1) is 14.8. The summed E-state index contributed by atoms with van der Waals surface area (Å²) >= 11 is 0. The molecule has 2 aliphatic heterocycles. The van der Waals surface area contributed by atoms with Crippen LogP contribution in [0.1, 0.15) is 45.4 Å². The lowest BCUT2D eigenvalue weighted by molar-refractivity contribution is -0.139. The molecule has 0 aliphatic carbocycles. The first-order chi connectivity index (χ1) is 8.91. The van der Waals surface area contributed by atoms with Crippen molar-refractivity contribution < 1.29 is 13.2 Å². The zero-order valence-corrected chi connectivity index (χ0v) is 12.7. The Bertz CT molecular complexity index is 435. The molecule has 5 nitrogen and oxygen atoms in total. The third-order valence-corrected chi connectivity index (χ3v) is 5.54. The van der Waals surface area contributed by atoms with Gasteiger partial charge in [-0.3, -0.25) is 4.79 Å². The Morgan fingerprint density at radius 1 is 1.05 bits per heavy atom. The Kier molecular flexibility index (Phi) is 4.50. The Balaban J connectivity index is 2.15. The number of likely N-dealkylation sites (tertiary alicyclic amines) is 1. The Labute approximate surface area is 116 Å². The molecule has 0 unspecified atom stereocenters. The molecule has 0 aromatic rings. The third kappa shape index (κ3) is 3.28. The van der Waals surface area contributed by atoms with Gasteiger partial charge in [0.05, 0.1) is 6.26 Å². The third-order valence-electron chi connectivity index (χ3n) is 4.25. The summed E-state index contributed by atoms with van der Waals surface area (Å²) < 4.78 is 25.0. The van der Waals surface area contributed by atoms with Crippen LogP contribution in [0, 0.1) is 0 Å². The molecule has 2 saturated heterocycles. The van der Waals surface area contributed by atoms with Gasteiger partial charge in [-0.25, -0.2) is 8.42 Å². The Hall–Kier alpha value is -0.620. The normalized spacial score (nSPS) is 30.3. The number of hydrogen-bond acceptors (Lipinski definition) is 3. The molecule has 0 aromatic carbocycles. The van der Waals surface area contributed by atoms with Crippen LogP contribution in [0.15, 0.2) is 0 Å². The predicted molar refractivity (Wildman–Crippen MR) is 74.2 cm³/mol. The number of piperidine rings is 2. The number of carbonyl (C=O) groups excluding carboxylic acids is 1. The maximum Gasteiger partial charge on any atom is 0.241 e. The molecule has 0 N–H and O–H groups in total. The van der Waals surface area contributed by atoms with E-state index in [0.717, 1.165) is 38.6 Å². The summed E-state index contributed by atoms with van der Waals surface area (Å²) in [6, 6.07) is -0.228. The number of nitrogens with zero attached hydrogens (tertiary/aromatic N) is 2. The van der Waals surface area contributed by atoms with Gasteiger partial charge in [-0.05, 0) is 39.0 Å². The van der Waals surface area contributed by atoms with Crippen molar-refractivity contribution in [3.05, 3.63) is 0 Å². The highest BCUT2D eigenvalue weighted by molar-refractivity contribution is 7.88. The van der Waals surface area contributed by atoms with Crippen molar-refractivity contribution >= 4 is 15.9 Å². The summed E-state index contributed by atoms with van der Waals surface area (Å²) in [5, 5.41) is 0. The van der Waals surface area contributed by atoms with Crippen molar-refractivity contribution in [2.24, 2.45) is 0 Å². The van der Waals surface area contributed by atoms with E-state index in [2.05, 4.69) is 6.92 Å². The fraction of sp³-hybridized carbons (Fsp3) is 0.923. The topological polar surface area (TPSA) is 57.7 Å². The minimum atomic E-state index is -3.29. The van der Waals surface area contributed by atoms with Gasteiger partial charge in [0, 0.05) is 19.1 Å². The number of carbonyl (C=O) groups is 1. The fourth-order valence-corrected chi connectivity index (χ4v) is 4.28. The fourth-order valence-electron chi connectivity index (χ4n) is 3.17. The van der Waals surface area contributed by atoms with Crippen molar-refractivity contribution in [1.82, 2.24) is 9.21 Å². The average Bonchev–Trinajstić information content (AvgIpc) is 2.37. The molecular weight excluding hydrogens is 264 g/mol. The van der Waals surface area contributed by atoms with E-state index in [1.54, 1.807) is 0 Å². The molecule has 1 amide bonds. The van der Waals surface area contributed by atoms with Crippen LogP contribution >= 0.6 is 0 Å². The summed E-state index contributed by atoms with van der Waals surface area (Å²) in [6.07, 6.45) is 6.87. The number of amides is 1. The summed E-state index contributed by atoms with van der Waals surface area (Å²) in [4.78, 5) is 14.5. The number of sulfonamides is 1. The minimum Gasteiger partial charge on any atom is -0.339 e. The van der Waals surface area contributed by atoms with Gasteiger partial charge in [0.25, 0.3) is 0 Å². The van der Waals surface area contributed by atoms with Crippen molar-refractivity contribution in [2.45, 2.75) is 57.5 Å². The molecule has 2 heterocycles. The molecule has 0 radical (unpaired) electrons. The molecule has 0 aromatic heterocycles. The number of hydrogen-bond donors (Lipinski definition) is 0. The first-order valence-electron chi connectivity index (χ1n) is 7.18. The van der Waals surface area contributed by atoms with Crippen LogP contribution in [0.5, 0.6) is 0 Å². The lowest BCUT2D eigenvalue weighted by atomic mass is 9.99. The van der Waals surface area contributed by atoms with Gasteiger partial charge in [-0.1, -0.05) is 6.42 Å². The van der Waals surface area contributed by atoms with Crippen LogP contribution < -0.4 is 0 Å². The van der Waals surface area contributed by atoms with Crippen LogP contribution in [0.2, 0.25) is 0 Å². The van der Waals surface area contributed by atoms with Gasteiger partial charge in [0.2, 0.25) is 15.9 Å². The molecule has 2 rings (SSSR count). The van der Waals surface area contributed by atoms with Crippen LogP contribution in [0.3, 0.4) is 0 Å². The van der Waals surface area contributed by atoms with E-state index in [1.165, 1.54) is 10.6 Å². The van der Waals surface area contributed by atoms with Crippen molar-refractivity contribution in [3.8, 4) is 0 Å². The molecule has 2 atom stereocenters. The van der Waals surface area contributed by atoms with Gasteiger partial charge in [-0.15, -0.1) is 0 Å². The lowest BCUT2D eigenvalue weighted by Crippen LogP contribution is -2.55. The van der Waals surface area contributed by atoms with E-state index in [1.807, 2.05) is 4.90 Å². The molecule has 0 spiro atoms. The Morgan fingerprint density at radius 3 is 2.32 bits per heavy atom. The summed E-state index contributed by atoms with van der Waals surface area (Å²) in [7, 11) is -3.29. The maximum atomic E-state index is 12.6. The monoisotopic (exact) mass is 288 g/mol. The van der Waals surface area contributed by atoms with E-state index in [-0.39, 0.29) is 11.9 Å². The second kappa shape index (κ2) is 5.79.